The van der Waals surface area contributed by atoms with Crippen molar-refractivity contribution in [1.82, 2.24) is 0 Å². The molecule has 2 aromatic carbocycles. The van der Waals surface area contributed by atoms with Crippen molar-refractivity contribution in [2.24, 2.45) is 0 Å². The van der Waals surface area contributed by atoms with Crippen LogP contribution >= 0.6 is 0 Å². The lowest BCUT2D eigenvalue weighted by atomic mass is 10.1. The molecule has 0 bridgehead atoms. The third-order valence-electron chi connectivity index (χ3n) is 3.04. The van der Waals surface area contributed by atoms with Gasteiger partial charge in [0.2, 0.25) is 0 Å². The van der Waals surface area contributed by atoms with E-state index in [-0.39, 0.29) is 11.3 Å². The van der Waals surface area contributed by atoms with Gasteiger partial charge in [0.25, 0.3) is 0 Å². The predicted octanol–water partition coefficient (Wildman–Crippen LogP) is 3.93. The fraction of sp³-hybridized carbons (Fsp3) is 0.118. The molecule has 0 saturated carbocycles. The van der Waals surface area contributed by atoms with Gasteiger partial charge in [-0.3, -0.25) is 4.79 Å². The zero-order chi connectivity index (χ0) is 15.4. The lowest BCUT2D eigenvalue weighted by molar-refractivity contribution is 0.104. The van der Waals surface area contributed by atoms with Crippen LogP contribution in [0.25, 0.3) is 6.08 Å². The van der Waals surface area contributed by atoms with E-state index in [0.29, 0.717) is 5.56 Å². The second-order valence-corrected chi connectivity index (χ2v) is 4.80. The molecule has 0 saturated heterocycles. The number of nitrogens with zero attached hydrogens (tertiary/aromatic N) is 1. The normalized spacial score (nSPS) is 10.9. The summed E-state index contributed by atoms with van der Waals surface area (Å²) in [6.45, 7) is 0. The minimum atomic E-state index is -0.693. The van der Waals surface area contributed by atoms with Crippen LogP contribution in [0, 0.1) is 11.6 Å². The van der Waals surface area contributed by atoms with Crippen LogP contribution in [-0.4, -0.2) is 19.9 Å². The van der Waals surface area contributed by atoms with E-state index < -0.39 is 11.6 Å². The van der Waals surface area contributed by atoms with Gasteiger partial charge in [-0.25, -0.2) is 8.78 Å². The summed E-state index contributed by atoms with van der Waals surface area (Å²) in [5.74, 6) is -1.57. The average Bonchev–Trinajstić information content (AvgIpc) is 2.46. The number of allylic oxidation sites excluding steroid dienone is 1. The fourth-order valence-electron chi connectivity index (χ4n) is 1.82. The van der Waals surface area contributed by atoms with Gasteiger partial charge >= 0.3 is 0 Å². The molecule has 0 amide bonds. The van der Waals surface area contributed by atoms with Crippen molar-refractivity contribution in [3.63, 3.8) is 0 Å². The highest BCUT2D eigenvalue weighted by molar-refractivity contribution is 6.06. The Labute approximate surface area is 122 Å². The van der Waals surface area contributed by atoms with Crippen LogP contribution in [0.5, 0.6) is 0 Å². The molecule has 2 aromatic rings. The minimum Gasteiger partial charge on any atom is -0.378 e. The van der Waals surface area contributed by atoms with E-state index >= 15 is 0 Å². The molecule has 2 nitrogen and oxygen atoms in total. The van der Waals surface area contributed by atoms with E-state index in [1.165, 1.54) is 18.2 Å². The number of hydrogen-bond donors (Lipinski definition) is 0. The third kappa shape index (κ3) is 3.75. The van der Waals surface area contributed by atoms with Crippen molar-refractivity contribution in [1.29, 1.82) is 0 Å². The number of carbonyl (C=O) groups is 1. The smallest absolute Gasteiger partial charge is 0.185 e. The minimum absolute atomic E-state index is 0.176. The second kappa shape index (κ2) is 6.31. The van der Waals surface area contributed by atoms with Gasteiger partial charge in [0.05, 0.1) is 0 Å². The first-order valence-corrected chi connectivity index (χ1v) is 6.42. The molecular formula is C17H15F2NO. The number of rotatable bonds is 4. The SMILES string of the molecule is CN(C)c1ccc(C(=O)/C=C/c2ccc(F)cc2F)cc1. The summed E-state index contributed by atoms with van der Waals surface area (Å²) in [5, 5.41) is 0. The second-order valence-electron chi connectivity index (χ2n) is 4.80. The Hall–Kier alpha value is -2.49. The van der Waals surface area contributed by atoms with Crippen molar-refractivity contribution in [3.05, 3.63) is 71.3 Å². The molecule has 0 radical (unpaired) electrons. The van der Waals surface area contributed by atoms with Crippen LogP contribution < -0.4 is 4.90 Å². The van der Waals surface area contributed by atoms with Crippen molar-refractivity contribution >= 4 is 17.5 Å². The fourth-order valence-corrected chi connectivity index (χ4v) is 1.82. The van der Waals surface area contributed by atoms with Gasteiger partial charge in [0, 0.05) is 37.0 Å². The molecule has 0 unspecified atom stereocenters. The lowest BCUT2D eigenvalue weighted by Crippen LogP contribution is -2.08. The predicted molar refractivity (Wildman–Crippen MR) is 80.5 cm³/mol. The van der Waals surface area contributed by atoms with Crippen LogP contribution in [0.4, 0.5) is 14.5 Å². The number of hydrogen-bond acceptors (Lipinski definition) is 2. The Morgan fingerprint density at radius 1 is 1.05 bits per heavy atom. The molecule has 0 N–H and O–H groups in total. The largest absolute Gasteiger partial charge is 0.378 e. The third-order valence-corrected chi connectivity index (χ3v) is 3.04. The van der Waals surface area contributed by atoms with Crippen molar-refractivity contribution in [3.8, 4) is 0 Å². The maximum atomic E-state index is 13.4. The summed E-state index contributed by atoms with van der Waals surface area (Å²) < 4.78 is 26.2. The molecule has 0 aliphatic carbocycles. The van der Waals surface area contributed by atoms with Crippen LogP contribution in [0.2, 0.25) is 0 Å². The van der Waals surface area contributed by atoms with Crippen molar-refractivity contribution in [2.75, 3.05) is 19.0 Å². The molecule has 0 aliphatic rings. The van der Waals surface area contributed by atoms with E-state index in [9.17, 15) is 13.6 Å². The highest BCUT2D eigenvalue weighted by Crippen LogP contribution is 2.15. The van der Waals surface area contributed by atoms with Crippen molar-refractivity contribution in [2.45, 2.75) is 0 Å². The van der Waals surface area contributed by atoms with Crippen LogP contribution in [0.15, 0.2) is 48.5 Å². The monoisotopic (exact) mass is 287 g/mol. The Morgan fingerprint density at radius 2 is 1.71 bits per heavy atom. The number of benzene rings is 2. The molecule has 0 fully saturated rings. The Kier molecular flexibility index (Phi) is 4.48. The molecule has 0 aliphatic heterocycles. The molecule has 0 aromatic heterocycles. The molecule has 108 valence electrons. The maximum absolute atomic E-state index is 13.4. The lowest BCUT2D eigenvalue weighted by Gasteiger charge is -2.11. The summed E-state index contributed by atoms with van der Waals surface area (Å²) in [6.07, 6.45) is 2.62. The van der Waals surface area contributed by atoms with E-state index in [4.69, 9.17) is 0 Å². The molecular weight excluding hydrogens is 272 g/mol. The summed E-state index contributed by atoms with van der Waals surface area (Å²) in [6, 6.07) is 10.3. The zero-order valence-corrected chi connectivity index (χ0v) is 11.8. The molecule has 2 rings (SSSR count). The van der Waals surface area contributed by atoms with E-state index in [2.05, 4.69) is 0 Å². The molecule has 0 heterocycles. The average molecular weight is 287 g/mol. The first kappa shape index (κ1) is 14.9. The summed E-state index contributed by atoms with van der Waals surface area (Å²) in [4.78, 5) is 13.9. The van der Waals surface area contributed by atoms with Crippen LogP contribution in [-0.2, 0) is 0 Å². The summed E-state index contributed by atoms with van der Waals surface area (Å²) in [5.41, 5.74) is 1.68. The van der Waals surface area contributed by atoms with Gasteiger partial charge in [-0.1, -0.05) is 0 Å². The van der Waals surface area contributed by atoms with Gasteiger partial charge < -0.3 is 4.90 Å². The van der Waals surface area contributed by atoms with Gasteiger partial charge in [-0.15, -0.1) is 0 Å². The van der Waals surface area contributed by atoms with E-state index in [0.717, 1.165) is 17.8 Å². The quantitative estimate of drug-likeness (QED) is 0.627. The highest BCUT2D eigenvalue weighted by atomic mass is 19.1. The van der Waals surface area contributed by atoms with E-state index in [1.807, 2.05) is 31.1 Å². The Balaban J connectivity index is 2.15. The first-order valence-electron chi connectivity index (χ1n) is 6.42. The van der Waals surface area contributed by atoms with Gasteiger partial charge in [-0.2, -0.15) is 0 Å². The molecule has 4 heteroatoms. The standard InChI is InChI=1S/C17H15F2NO/c1-20(2)15-8-4-13(5-9-15)17(21)10-6-12-3-7-14(18)11-16(12)19/h3-11H,1-2H3/b10-6+. The maximum Gasteiger partial charge on any atom is 0.185 e. The van der Waals surface area contributed by atoms with Crippen LogP contribution in [0.3, 0.4) is 0 Å². The van der Waals surface area contributed by atoms with Gasteiger partial charge in [-0.05, 0) is 48.6 Å². The Morgan fingerprint density at radius 3 is 2.29 bits per heavy atom. The highest BCUT2D eigenvalue weighted by Gasteiger charge is 2.04. The summed E-state index contributed by atoms with van der Waals surface area (Å²) >= 11 is 0. The summed E-state index contributed by atoms with van der Waals surface area (Å²) in [7, 11) is 3.82. The number of carbonyl (C=O) groups excluding carboxylic acids is 1. The van der Waals surface area contributed by atoms with Gasteiger partial charge in [0.15, 0.2) is 5.78 Å². The van der Waals surface area contributed by atoms with Crippen molar-refractivity contribution < 1.29 is 13.6 Å². The number of anilines is 1. The number of ketones is 1. The van der Waals surface area contributed by atoms with E-state index in [1.54, 1.807) is 12.1 Å². The van der Waals surface area contributed by atoms with Gasteiger partial charge in [0.1, 0.15) is 11.6 Å². The molecule has 0 atom stereocenters. The topological polar surface area (TPSA) is 20.3 Å². The molecule has 0 spiro atoms. The Bertz CT molecular complexity index is 676. The molecule has 21 heavy (non-hydrogen) atoms. The first-order chi connectivity index (χ1) is 9.97. The zero-order valence-electron chi connectivity index (χ0n) is 11.8. The number of halogens is 2. The van der Waals surface area contributed by atoms with Crippen LogP contribution in [0.1, 0.15) is 15.9 Å².